The number of hydrogen-bond acceptors (Lipinski definition) is 5. The first-order chi connectivity index (χ1) is 16.3. The molecule has 0 aromatic heterocycles. The molecule has 1 N–H and O–H groups in total. The molecule has 1 heterocycles. The van der Waals surface area contributed by atoms with E-state index >= 15 is 0 Å². The Bertz CT molecular complexity index is 1050. The van der Waals surface area contributed by atoms with E-state index in [9.17, 15) is 13.2 Å². The largest absolute Gasteiger partial charge is 0.497 e. The van der Waals surface area contributed by atoms with Crippen molar-refractivity contribution in [1.82, 2.24) is 14.5 Å². The van der Waals surface area contributed by atoms with Gasteiger partial charge in [0.2, 0.25) is 15.9 Å². The molecule has 34 heavy (non-hydrogen) atoms. The van der Waals surface area contributed by atoms with Crippen LogP contribution in [0.4, 0.5) is 0 Å². The normalized spacial score (nSPS) is 17.0. The Morgan fingerprint density at radius 3 is 2.29 bits per heavy atom. The molecule has 2 aromatic rings. The summed E-state index contributed by atoms with van der Waals surface area (Å²) in [7, 11) is -2.32. The Labute approximate surface area is 203 Å². The van der Waals surface area contributed by atoms with Crippen LogP contribution in [0.15, 0.2) is 65.6 Å². The second-order valence-electron chi connectivity index (χ2n) is 8.60. The maximum Gasteiger partial charge on any atom is 0.241 e. The van der Waals surface area contributed by atoms with Gasteiger partial charge in [0.25, 0.3) is 0 Å². The van der Waals surface area contributed by atoms with Crippen LogP contribution < -0.4 is 9.46 Å². The summed E-state index contributed by atoms with van der Waals surface area (Å²) < 4.78 is 33.8. The van der Waals surface area contributed by atoms with Gasteiger partial charge in [-0.3, -0.25) is 9.69 Å². The lowest BCUT2D eigenvalue weighted by Crippen LogP contribution is -2.56. The number of nitrogens with one attached hydrogen (secondary N) is 1. The highest BCUT2D eigenvalue weighted by Crippen LogP contribution is 2.19. The zero-order valence-electron chi connectivity index (χ0n) is 20.2. The van der Waals surface area contributed by atoms with Crippen molar-refractivity contribution in [1.29, 1.82) is 0 Å². The van der Waals surface area contributed by atoms with E-state index in [-0.39, 0.29) is 16.7 Å². The van der Waals surface area contributed by atoms with Crippen LogP contribution in [0.1, 0.15) is 25.8 Å². The number of carbonyl (C=O) groups is 1. The predicted molar refractivity (Wildman–Crippen MR) is 135 cm³/mol. The zero-order valence-corrected chi connectivity index (χ0v) is 21.0. The van der Waals surface area contributed by atoms with Crippen LogP contribution in [0.3, 0.4) is 0 Å². The van der Waals surface area contributed by atoms with Crippen LogP contribution in [-0.2, 0) is 14.8 Å². The number of nitrogens with zero attached hydrogens (tertiary/aromatic N) is 2. The van der Waals surface area contributed by atoms with Crippen molar-refractivity contribution in [2.45, 2.75) is 31.2 Å². The maximum absolute atomic E-state index is 13.4. The Kier molecular flexibility index (Phi) is 9.27. The van der Waals surface area contributed by atoms with Crippen molar-refractivity contribution in [2.75, 3.05) is 39.8 Å². The third-order valence-corrected chi connectivity index (χ3v) is 7.75. The standard InChI is InChI=1S/C26H35N3O4S/c1-4-21(2)25(27-34(31,32)24-14-12-23(33-3)13-15-24)26(30)29-19-17-28(18-20-29)16-8-11-22-9-6-5-7-10-22/h5-15,21,25,27H,4,16-20H2,1-3H3/b11-8+. The average molecular weight is 486 g/mol. The Hall–Kier alpha value is -2.68. The number of carbonyl (C=O) groups excluding carboxylic acids is 1. The number of sulfonamides is 1. The highest BCUT2D eigenvalue weighted by atomic mass is 32.2. The first-order valence-corrected chi connectivity index (χ1v) is 13.2. The van der Waals surface area contributed by atoms with E-state index in [0.717, 1.165) is 25.2 Å². The van der Waals surface area contributed by atoms with Crippen LogP contribution in [0, 0.1) is 5.92 Å². The number of piperazine rings is 1. The number of rotatable bonds is 10. The number of amides is 1. The van der Waals surface area contributed by atoms with Crippen LogP contribution in [0.5, 0.6) is 5.75 Å². The van der Waals surface area contributed by atoms with E-state index in [2.05, 4.69) is 33.9 Å². The van der Waals surface area contributed by atoms with Crippen molar-refractivity contribution < 1.29 is 17.9 Å². The van der Waals surface area contributed by atoms with E-state index < -0.39 is 16.1 Å². The van der Waals surface area contributed by atoms with Gasteiger partial charge in [-0.25, -0.2) is 8.42 Å². The number of ether oxygens (including phenoxy) is 1. The molecule has 2 atom stereocenters. The summed E-state index contributed by atoms with van der Waals surface area (Å²) in [5, 5.41) is 0. The first kappa shape index (κ1) is 25.9. The van der Waals surface area contributed by atoms with Gasteiger partial charge in [0, 0.05) is 32.7 Å². The molecule has 0 bridgehead atoms. The fourth-order valence-electron chi connectivity index (χ4n) is 3.89. The highest BCUT2D eigenvalue weighted by Gasteiger charge is 2.34. The Morgan fingerprint density at radius 1 is 1.06 bits per heavy atom. The van der Waals surface area contributed by atoms with Crippen molar-refractivity contribution in [3.63, 3.8) is 0 Å². The molecule has 2 aromatic carbocycles. The number of methoxy groups -OCH3 is 1. The Balaban J connectivity index is 1.60. The van der Waals surface area contributed by atoms with Gasteiger partial charge >= 0.3 is 0 Å². The number of benzene rings is 2. The topological polar surface area (TPSA) is 78.9 Å². The minimum atomic E-state index is -3.85. The molecule has 0 radical (unpaired) electrons. The van der Waals surface area contributed by atoms with Crippen LogP contribution in [0.25, 0.3) is 6.08 Å². The van der Waals surface area contributed by atoms with Crippen LogP contribution in [-0.4, -0.2) is 70.0 Å². The molecule has 0 aliphatic carbocycles. The molecular formula is C26H35N3O4S. The Morgan fingerprint density at radius 2 is 1.71 bits per heavy atom. The molecule has 8 heteroatoms. The van der Waals surface area contributed by atoms with E-state index in [1.54, 1.807) is 17.0 Å². The van der Waals surface area contributed by atoms with Gasteiger partial charge in [-0.1, -0.05) is 62.8 Å². The molecule has 1 aliphatic heterocycles. The smallest absolute Gasteiger partial charge is 0.241 e. The lowest BCUT2D eigenvalue weighted by atomic mass is 9.98. The third-order valence-electron chi connectivity index (χ3n) is 6.29. The molecule has 184 valence electrons. The molecule has 1 saturated heterocycles. The van der Waals surface area contributed by atoms with Crippen molar-refractivity contribution in [2.24, 2.45) is 5.92 Å². The lowest BCUT2D eigenvalue weighted by Gasteiger charge is -2.37. The van der Waals surface area contributed by atoms with Crippen molar-refractivity contribution in [3.8, 4) is 5.75 Å². The lowest BCUT2D eigenvalue weighted by molar-refractivity contribution is -0.135. The fourth-order valence-corrected chi connectivity index (χ4v) is 5.18. The van der Waals surface area contributed by atoms with Gasteiger partial charge < -0.3 is 9.64 Å². The SMILES string of the molecule is CCC(C)C(NS(=O)(=O)c1ccc(OC)cc1)C(=O)N1CCN(C/C=C/c2ccccc2)CC1. The third kappa shape index (κ3) is 6.91. The van der Waals surface area contributed by atoms with Crippen molar-refractivity contribution >= 4 is 22.0 Å². The number of hydrogen-bond donors (Lipinski definition) is 1. The highest BCUT2D eigenvalue weighted by molar-refractivity contribution is 7.89. The molecule has 7 nitrogen and oxygen atoms in total. The van der Waals surface area contributed by atoms with Crippen molar-refractivity contribution in [3.05, 3.63) is 66.2 Å². The monoisotopic (exact) mass is 485 g/mol. The second kappa shape index (κ2) is 12.1. The van der Waals surface area contributed by atoms with Gasteiger partial charge in [0.1, 0.15) is 11.8 Å². The molecule has 1 aliphatic rings. The molecule has 3 rings (SSSR count). The first-order valence-electron chi connectivity index (χ1n) is 11.7. The quantitative estimate of drug-likeness (QED) is 0.559. The molecule has 0 saturated carbocycles. The van der Waals surface area contributed by atoms with E-state index in [4.69, 9.17) is 4.74 Å². The summed E-state index contributed by atoms with van der Waals surface area (Å²) in [5.41, 5.74) is 1.16. The summed E-state index contributed by atoms with van der Waals surface area (Å²) in [6, 6.07) is 15.5. The van der Waals surface area contributed by atoms with Gasteiger partial charge in [0.15, 0.2) is 0 Å². The summed E-state index contributed by atoms with van der Waals surface area (Å²) >= 11 is 0. The average Bonchev–Trinajstić information content (AvgIpc) is 2.87. The summed E-state index contributed by atoms with van der Waals surface area (Å²) in [5.74, 6) is 0.281. The zero-order chi connectivity index (χ0) is 24.6. The predicted octanol–water partition coefficient (Wildman–Crippen LogP) is 3.25. The van der Waals surface area contributed by atoms with E-state index in [0.29, 0.717) is 25.3 Å². The molecule has 0 spiro atoms. The van der Waals surface area contributed by atoms with E-state index in [1.807, 2.05) is 32.0 Å². The van der Waals surface area contributed by atoms with Crippen LogP contribution >= 0.6 is 0 Å². The molecule has 1 amide bonds. The van der Waals surface area contributed by atoms with Gasteiger partial charge in [-0.05, 0) is 35.7 Å². The van der Waals surface area contributed by atoms with Crippen LogP contribution in [0.2, 0.25) is 0 Å². The minimum absolute atomic E-state index is 0.115. The fraction of sp³-hybridized carbons (Fsp3) is 0.423. The summed E-state index contributed by atoms with van der Waals surface area (Å²) in [6.45, 7) is 7.35. The van der Waals surface area contributed by atoms with Gasteiger partial charge in [-0.15, -0.1) is 0 Å². The van der Waals surface area contributed by atoms with E-state index in [1.165, 1.54) is 19.2 Å². The van der Waals surface area contributed by atoms with Gasteiger partial charge in [-0.2, -0.15) is 4.72 Å². The maximum atomic E-state index is 13.4. The summed E-state index contributed by atoms with van der Waals surface area (Å²) in [6.07, 6.45) is 4.92. The molecule has 1 fully saturated rings. The van der Waals surface area contributed by atoms with Gasteiger partial charge in [0.05, 0.1) is 12.0 Å². The second-order valence-corrected chi connectivity index (χ2v) is 10.3. The molecule has 2 unspecified atom stereocenters. The minimum Gasteiger partial charge on any atom is -0.497 e. The molecular weight excluding hydrogens is 450 g/mol. The summed E-state index contributed by atoms with van der Waals surface area (Å²) in [4.78, 5) is 17.6.